The van der Waals surface area contributed by atoms with Gasteiger partial charge >= 0.3 is 16.5 Å². The van der Waals surface area contributed by atoms with E-state index in [1.807, 2.05) is 6.21 Å². The molecule has 0 unspecified atom stereocenters. The Morgan fingerprint density at radius 3 is 1.54 bits per heavy atom. The van der Waals surface area contributed by atoms with Crippen molar-refractivity contribution in [3.63, 3.8) is 0 Å². The topological polar surface area (TPSA) is 24.4 Å². The van der Waals surface area contributed by atoms with Gasteiger partial charge in [0, 0.05) is 18.4 Å². The summed E-state index contributed by atoms with van der Waals surface area (Å²) in [6.07, 6.45) is 2.03. The molecule has 0 amide bonds. The summed E-state index contributed by atoms with van der Waals surface area (Å²) in [5.74, 6) is 1.85. The number of aliphatic imine (C=N–C) groups is 1. The van der Waals surface area contributed by atoms with Crippen LogP contribution in [0.25, 0.3) is 0 Å². The number of anilines is 1. The molecule has 0 bridgehead atoms. The molecule has 3 rings (SSSR count). The quantitative estimate of drug-likeness (QED) is 0.273. The monoisotopic (exact) mass is 670 g/mol. The van der Waals surface area contributed by atoms with E-state index in [0.717, 1.165) is 17.8 Å². The van der Waals surface area contributed by atoms with E-state index in [4.69, 9.17) is 4.99 Å². The van der Waals surface area contributed by atoms with Crippen LogP contribution in [-0.2, 0) is 23.0 Å². The Hall–Kier alpha value is -1.42. The van der Waals surface area contributed by atoms with Gasteiger partial charge in [-0.15, -0.1) is 0 Å². The van der Waals surface area contributed by atoms with E-state index in [1.165, 1.54) is 33.5 Å². The molecule has 0 saturated carbocycles. The Labute approximate surface area is 256 Å². The third kappa shape index (κ3) is 9.37. The Bertz CT molecular complexity index is 1080. The Morgan fingerprint density at radius 2 is 1.08 bits per heavy atom. The van der Waals surface area contributed by atoms with Crippen LogP contribution in [0.1, 0.15) is 112 Å². The number of nitrogens with zero attached hydrogens (tertiary/aromatic N) is 1. The normalized spacial score (nSPS) is 11.0. The third-order valence-electron chi connectivity index (χ3n) is 6.48. The van der Waals surface area contributed by atoms with Gasteiger partial charge in [0.1, 0.15) is 0 Å². The van der Waals surface area contributed by atoms with E-state index < -0.39 is 0 Å². The Balaban J connectivity index is 0.00000432. The summed E-state index contributed by atoms with van der Waals surface area (Å²) in [6, 6.07) is 22.0. The minimum atomic E-state index is 0. The van der Waals surface area contributed by atoms with Gasteiger partial charge in [-0.1, -0.05) is 110 Å². The molecule has 0 spiro atoms. The summed E-state index contributed by atoms with van der Waals surface area (Å²) < 4.78 is 0. The fourth-order valence-corrected chi connectivity index (χ4v) is 4.53. The molecule has 0 atom stereocenters. The Kier molecular flexibility index (Phi) is 15.9. The second-order valence-corrected chi connectivity index (χ2v) is 10.6. The van der Waals surface area contributed by atoms with Crippen molar-refractivity contribution in [1.29, 1.82) is 0 Å². The van der Waals surface area contributed by atoms with Gasteiger partial charge in [0.05, 0.1) is 5.69 Å². The van der Waals surface area contributed by atoms with Crippen molar-refractivity contribution in [2.75, 3.05) is 5.32 Å². The maximum Gasteiger partial charge on any atom is 2.00 e. The molecular formula is C32H42Br2N2Ni. The second-order valence-electron chi connectivity index (χ2n) is 10.6. The summed E-state index contributed by atoms with van der Waals surface area (Å²) in [5, 5.41) is 3.77. The van der Waals surface area contributed by atoms with Crippen molar-refractivity contribution in [2.24, 2.45) is 4.99 Å². The largest absolute Gasteiger partial charge is 2.00 e. The average Bonchev–Trinajstić information content (AvgIpc) is 2.80. The van der Waals surface area contributed by atoms with E-state index >= 15 is 0 Å². The summed E-state index contributed by atoms with van der Waals surface area (Å²) in [6.45, 7) is 18.8. The summed E-state index contributed by atoms with van der Waals surface area (Å²) >= 11 is 0. The number of halogens is 2. The second kappa shape index (κ2) is 16.5. The predicted molar refractivity (Wildman–Crippen MR) is 150 cm³/mol. The molecule has 5 heteroatoms. The van der Waals surface area contributed by atoms with Crippen LogP contribution < -0.4 is 39.3 Å². The third-order valence-corrected chi connectivity index (χ3v) is 6.48. The molecule has 2 nitrogen and oxygen atoms in total. The van der Waals surface area contributed by atoms with Gasteiger partial charge in [-0.05, 0) is 63.1 Å². The minimum absolute atomic E-state index is 0. The van der Waals surface area contributed by atoms with Crippen LogP contribution in [0.2, 0.25) is 0 Å². The van der Waals surface area contributed by atoms with Gasteiger partial charge in [0.15, 0.2) is 0 Å². The van der Waals surface area contributed by atoms with Crippen molar-refractivity contribution < 1.29 is 50.5 Å². The van der Waals surface area contributed by atoms with Gasteiger partial charge < -0.3 is 39.3 Å². The maximum atomic E-state index is 5.01. The van der Waals surface area contributed by atoms with Gasteiger partial charge in [-0.3, -0.25) is 4.99 Å². The standard InChI is InChI=1S/C32H42N2.2BrH.Ni/c1-21(2)27-14-10-15-28(22(3)4)31(27)33-19-25-12-9-13-26(18-25)20-34-32-29(23(5)6)16-11-17-30(32)24(7)8;;;/h9-19,21-24,34H,20H2,1-8H3;2*1H;/q;;;+2/p-2. The molecule has 0 aliphatic carbocycles. The van der Waals surface area contributed by atoms with E-state index in [9.17, 15) is 0 Å². The zero-order chi connectivity index (χ0) is 24.8. The molecule has 3 aromatic rings. The smallest absolute Gasteiger partial charge is 1.00 e. The molecule has 0 radical (unpaired) electrons. The van der Waals surface area contributed by atoms with Crippen LogP contribution in [0.15, 0.2) is 65.7 Å². The summed E-state index contributed by atoms with van der Waals surface area (Å²) in [5.41, 5.74) is 10.2. The number of hydrogen-bond acceptors (Lipinski definition) is 2. The molecule has 3 aromatic carbocycles. The number of para-hydroxylation sites is 2. The molecule has 0 saturated heterocycles. The molecule has 0 aromatic heterocycles. The zero-order valence-electron chi connectivity index (χ0n) is 23.4. The molecule has 0 fully saturated rings. The van der Waals surface area contributed by atoms with Crippen LogP contribution in [0.4, 0.5) is 11.4 Å². The molecule has 204 valence electrons. The Morgan fingerprint density at radius 1 is 0.649 bits per heavy atom. The summed E-state index contributed by atoms with van der Waals surface area (Å²) in [4.78, 5) is 5.01. The van der Waals surface area contributed by atoms with Gasteiger partial charge in [-0.25, -0.2) is 0 Å². The average molecular weight is 673 g/mol. The van der Waals surface area contributed by atoms with Crippen molar-refractivity contribution in [2.45, 2.75) is 85.6 Å². The van der Waals surface area contributed by atoms with Crippen molar-refractivity contribution in [3.8, 4) is 0 Å². The van der Waals surface area contributed by atoms with E-state index in [0.29, 0.717) is 23.7 Å². The van der Waals surface area contributed by atoms with E-state index in [2.05, 4.69) is 121 Å². The summed E-state index contributed by atoms with van der Waals surface area (Å²) in [7, 11) is 0. The van der Waals surface area contributed by atoms with Crippen LogP contribution in [0, 0.1) is 0 Å². The predicted octanol–water partition coefficient (Wildman–Crippen LogP) is 3.55. The molecular weight excluding hydrogens is 631 g/mol. The van der Waals surface area contributed by atoms with E-state index in [-0.39, 0.29) is 50.5 Å². The zero-order valence-corrected chi connectivity index (χ0v) is 27.5. The molecule has 37 heavy (non-hydrogen) atoms. The fraction of sp³-hybridized carbons (Fsp3) is 0.406. The maximum absolute atomic E-state index is 5.01. The minimum Gasteiger partial charge on any atom is -1.00 e. The SMILES string of the molecule is CC(C)c1cccc(C(C)C)c1N=Cc1cccc(CNc2c(C(C)C)cccc2C(C)C)c1.[Br-].[Br-].[Ni+2]. The van der Waals surface area contributed by atoms with Gasteiger partial charge in [0.2, 0.25) is 0 Å². The molecule has 0 aliphatic heterocycles. The van der Waals surface area contributed by atoms with E-state index in [1.54, 1.807) is 0 Å². The molecule has 1 N–H and O–H groups in total. The molecule has 0 aliphatic rings. The van der Waals surface area contributed by atoms with Crippen molar-refractivity contribution in [1.82, 2.24) is 0 Å². The van der Waals surface area contributed by atoms with Crippen LogP contribution in [0.5, 0.6) is 0 Å². The van der Waals surface area contributed by atoms with Crippen LogP contribution in [-0.4, -0.2) is 6.21 Å². The van der Waals surface area contributed by atoms with Crippen molar-refractivity contribution >= 4 is 17.6 Å². The van der Waals surface area contributed by atoms with Gasteiger partial charge in [-0.2, -0.15) is 0 Å². The van der Waals surface area contributed by atoms with Crippen LogP contribution in [0.3, 0.4) is 0 Å². The first-order valence-corrected chi connectivity index (χ1v) is 12.8. The number of hydrogen-bond donors (Lipinski definition) is 1. The first-order chi connectivity index (χ1) is 16.2. The first-order valence-electron chi connectivity index (χ1n) is 12.8. The van der Waals surface area contributed by atoms with Gasteiger partial charge in [0.25, 0.3) is 0 Å². The number of benzene rings is 3. The number of rotatable bonds is 9. The fourth-order valence-electron chi connectivity index (χ4n) is 4.53. The van der Waals surface area contributed by atoms with Crippen LogP contribution >= 0.6 is 0 Å². The van der Waals surface area contributed by atoms with Crippen molar-refractivity contribution in [3.05, 3.63) is 94.0 Å². The molecule has 0 heterocycles. The first kappa shape index (κ1) is 35.6. The number of nitrogens with one attached hydrogen (secondary N) is 1.